The summed E-state index contributed by atoms with van der Waals surface area (Å²) in [6.45, 7) is 4.15. The first-order valence-electron chi connectivity index (χ1n) is 6.92. The molecule has 0 radical (unpaired) electrons. The predicted molar refractivity (Wildman–Crippen MR) is 86.6 cm³/mol. The van der Waals surface area contributed by atoms with E-state index >= 15 is 0 Å². The number of carbonyl (C=O) groups is 1. The van der Waals surface area contributed by atoms with Gasteiger partial charge in [0.1, 0.15) is 5.69 Å². The zero-order valence-electron chi connectivity index (χ0n) is 12.6. The van der Waals surface area contributed by atoms with Crippen LogP contribution in [0.3, 0.4) is 0 Å². The Bertz CT molecular complexity index is 792. The van der Waals surface area contributed by atoms with Crippen molar-refractivity contribution in [2.24, 2.45) is 0 Å². The molecule has 0 bridgehead atoms. The van der Waals surface area contributed by atoms with Gasteiger partial charge in [-0.3, -0.25) is 10.3 Å². The average Bonchev–Trinajstić information content (AvgIpc) is 3.13. The van der Waals surface area contributed by atoms with Gasteiger partial charge in [-0.15, -0.1) is 16.4 Å². The van der Waals surface area contributed by atoms with E-state index in [4.69, 9.17) is 0 Å². The molecule has 118 valence electrons. The first-order valence-corrected chi connectivity index (χ1v) is 7.74. The molecule has 9 heteroatoms. The van der Waals surface area contributed by atoms with Crippen LogP contribution in [0.1, 0.15) is 16.3 Å². The van der Waals surface area contributed by atoms with Crippen molar-refractivity contribution in [3.63, 3.8) is 0 Å². The second-order valence-electron chi connectivity index (χ2n) is 4.83. The van der Waals surface area contributed by atoms with Crippen molar-refractivity contribution in [1.82, 2.24) is 30.3 Å². The van der Waals surface area contributed by atoms with Crippen molar-refractivity contribution >= 4 is 22.5 Å². The summed E-state index contributed by atoms with van der Waals surface area (Å²) in [6, 6.07) is 3.37. The molecular weight excluding hydrogens is 314 g/mol. The highest BCUT2D eigenvalue weighted by Crippen LogP contribution is 2.20. The third-order valence-electron chi connectivity index (χ3n) is 3.13. The molecule has 0 aliphatic rings. The highest BCUT2D eigenvalue weighted by molar-refractivity contribution is 7.15. The van der Waals surface area contributed by atoms with Gasteiger partial charge in [-0.25, -0.2) is 14.5 Å². The summed E-state index contributed by atoms with van der Waals surface area (Å²) in [5.74, 6) is 0. The fourth-order valence-electron chi connectivity index (χ4n) is 1.83. The number of thiazole rings is 1. The van der Waals surface area contributed by atoms with Crippen LogP contribution in [0.15, 0.2) is 30.7 Å². The third kappa shape index (κ3) is 3.69. The van der Waals surface area contributed by atoms with Gasteiger partial charge in [0.2, 0.25) is 0 Å². The Morgan fingerprint density at radius 3 is 2.96 bits per heavy atom. The van der Waals surface area contributed by atoms with Crippen molar-refractivity contribution in [3.8, 4) is 5.69 Å². The molecule has 0 aliphatic carbocycles. The lowest BCUT2D eigenvalue weighted by molar-refractivity contribution is 0.251. The second kappa shape index (κ2) is 6.53. The average molecular weight is 329 g/mol. The fraction of sp³-hybridized carbons (Fsp3) is 0.214. The highest BCUT2D eigenvalue weighted by atomic mass is 32.1. The van der Waals surface area contributed by atoms with Gasteiger partial charge >= 0.3 is 6.03 Å². The minimum atomic E-state index is -0.324. The number of aromatic nitrogens is 5. The van der Waals surface area contributed by atoms with Gasteiger partial charge in [0, 0.05) is 11.1 Å². The molecule has 0 unspecified atom stereocenters. The number of hydrogen-bond donors (Lipinski definition) is 2. The molecule has 0 fully saturated rings. The third-order valence-corrected chi connectivity index (χ3v) is 4.12. The molecule has 3 aromatic heterocycles. The van der Waals surface area contributed by atoms with E-state index in [9.17, 15) is 4.79 Å². The monoisotopic (exact) mass is 329 g/mol. The van der Waals surface area contributed by atoms with Crippen molar-refractivity contribution in [2.75, 3.05) is 5.32 Å². The molecule has 2 N–H and O–H groups in total. The lowest BCUT2D eigenvalue weighted by Crippen LogP contribution is -2.28. The van der Waals surface area contributed by atoms with Crippen molar-refractivity contribution in [2.45, 2.75) is 20.4 Å². The quantitative estimate of drug-likeness (QED) is 0.763. The Balaban J connectivity index is 1.56. The van der Waals surface area contributed by atoms with E-state index in [1.807, 2.05) is 26.0 Å². The van der Waals surface area contributed by atoms with Crippen LogP contribution < -0.4 is 10.6 Å². The predicted octanol–water partition coefficient (Wildman–Crippen LogP) is 2.06. The van der Waals surface area contributed by atoms with Crippen molar-refractivity contribution in [1.29, 1.82) is 0 Å². The van der Waals surface area contributed by atoms with Gasteiger partial charge in [0.15, 0.2) is 5.13 Å². The zero-order valence-corrected chi connectivity index (χ0v) is 13.5. The molecule has 2 amide bonds. The second-order valence-corrected chi connectivity index (χ2v) is 6.04. The molecular formula is C14H15N7OS. The lowest BCUT2D eigenvalue weighted by atomic mass is 10.4. The normalized spacial score (nSPS) is 10.5. The summed E-state index contributed by atoms with van der Waals surface area (Å²) in [6.07, 6.45) is 5.12. The van der Waals surface area contributed by atoms with Crippen LogP contribution in [0, 0.1) is 13.8 Å². The summed E-state index contributed by atoms with van der Waals surface area (Å²) >= 11 is 1.44. The number of hydrogen-bond acceptors (Lipinski definition) is 6. The first kappa shape index (κ1) is 15.1. The molecule has 8 nitrogen and oxygen atoms in total. The topological polar surface area (TPSA) is 97.6 Å². The molecule has 0 aliphatic heterocycles. The number of aryl methyl sites for hydroxylation is 2. The number of pyridine rings is 1. The van der Waals surface area contributed by atoms with E-state index in [2.05, 4.69) is 30.9 Å². The Morgan fingerprint density at radius 2 is 2.26 bits per heavy atom. The van der Waals surface area contributed by atoms with Crippen LogP contribution in [-0.4, -0.2) is 31.0 Å². The maximum Gasteiger partial charge on any atom is 0.321 e. The summed E-state index contributed by atoms with van der Waals surface area (Å²) in [7, 11) is 0. The van der Waals surface area contributed by atoms with Crippen LogP contribution in [0.5, 0.6) is 0 Å². The summed E-state index contributed by atoms with van der Waals surface area (Å²) < 4.78 is 1.61. The van der Waals surface area contributed by atoms with Crippen LogP contribution in [0.4, 0.5) is 9.93 Å². The van der Waals surface area contributed by atoms with Crippen molar-refractivity contribution in [3.05, 3.63) is 47.0 Å². The number of anilines is 1. The van der Waals surface area contributed by atoms with Gasteiger partial charge < -0.3 is 5.32 Å². The lowest BCUT2D eigenvalue weighted by Gasteiger charge is -2.02. The van der Waals surface area contributed by atoms with Gasteiger partial charge in [-0.2, -0.15) is 0 Å². The molecule has 0 atom stereocenters. The maximum atomic E-state index is 11.9. The number of carbonyl (C=O) groups excluding carboxylic acids is 1. The minimum Gasteiger partial charge on any atom is -0.332 e. The van der Waals surface area contributed by atoms with E-state index in [-0.39, 0.29) is 12.6 Å². The van der Waals surface area contributed by atoms with Crippen LogP contribution in [0.2, 0.25) is 0 Å². The smallest absolute Gasteiger partial charge is 0.321 e. The first-order chi connectivity index (χ1) is 11.1. The Kier molecular flexibility index (Phi) is 4.29. The fourth-order valence-corrected chi connectivity index (χ4v) is 2.64. The van der Waals surface area contributed by atoms with Gasteiger partial charge in [-0.1, -0.05) is 5.21 Å². The molecule has 23 heavy (non-hydrogen) atoms. The number of amides is 2. The highest BCUT2D eigenvalue weighted by Gasteiger charge is 2.09. The minimum absolute atomic E-state index is 0.273. The Labute approximate surface area is 136 Å². The Hall–Kier alpha value is -2.81. The van der Waals surface area contributed by atoms with E-state index in [0.29, 0.717) is 10.8 Å². The van der Waals surface area contributed by atoms with Gasteiger partial charge in [-0.05, 0) is 26.0 Å². The Morgan fingerprint density at radius 1 is 1.39 bits per heavy atom. The van der Waals surface area contributed by atoms with Crippen LogP contribution >= 0.6 is 11.3 Å². The molecule has 0 saturated heterocycles. The number of nitrogens with one attached hydrogen (secondary N) is 2. The summed E-state index contributed by atoms with van der Waals surface area (Å²) in [5.41, 5.74) is 2.38. The van der Waals surface area contributed by atoms with E-state index in [0.717, 1.165) is 16.3 Å². The SMILES string of the molecule is Cc1nc(NC(=O)NCc2cn(-c3cccnc3)nn2)sc1C. The molecule has 3 aromatic rings. The van der Waals surface area contributed by atoms with Gasteiger partial charge in [0.25, 0.3) is 0 Å². The largest absolute Gasteiger partial charge is 0.332 e. The molecule has 0 aromatic carbocycles. The van der Waals surface area contributed by atoms with E-state index in [1.165, 1.54) is 11.3 Å². The summed E-state index contributed by atoms with van der Waals surface area (Å²) in [5, 5.41) is 14.0. The van der Waals surface area contributed by atoms with E-state index in [1.54, 1.807) is 23.3 Å². The maximum absolute atomic E-state index is 11.9. The van der Waals surface area contributed by atoms with Crippen LogP contribution in [0.25, 0.3) is 5.69 Å². The van der Waals surface area contributed by atoms with Gasteiger partial charge in [0.05, 0.1) is 30.3 Å². The van der Waals surface area contributed by atoms with Crippen LogP contribution in [-0.2, 0) is 6.54 Å². The molecule has 3 heterocycles. The number of nitrogens with zero attached hydrogens (tertiary/aromatic N) is 5. The number of urea groups is 1. The number of rotatable bonds is 4. The molecule has 0 spiro atoms. The molecule has 0 saturated carbocycles. The zero-order chi connectivity index (χ0) is 16.2. The van der Waals surface area contributed by atoms with E-state index < -0.39 is 0 Å². The summed E-state index contributed by atoms with van der Waals surface area (Å²) in [4.78, 5) is 21.2. The standard InChI is InChI=1S/C14H15N7OS/c1-9-10(2)23-14(17-9)18-13(22)16-6-11-8-21(20-19-11)12-4-3-5-15-7-12/h3-5,7-8H,6H2,1-2H3,(H2,16,17,18,22). The van der Waals surface area contributed by atoms with Crippen molar-refractivity contribution < 1.29 is 4.79 Å². The molecule has 3 rings (SSSR count).